The number of halogens is 4. The van der Waals surface area contributed by atoms with Gasteiger partial charge in [0.1, 0.15) is 18.1 Å². The van der Waals surface area contributed by atoms with Gasteiger partial charge in [-0.05, 0) is 47.5 Å². The molecule has 2 heterocycles. The Balaban J connectivity index is 1.78. The van der Waals surface area contributed by atoms with Crippen molar-refractivity contribution < 1.29 is 23.0 Å². The summed E-state index contributed by atoms with van der Waals surface area (Å²) in [7, 11) is 0. The number of nitrogens with one attached hydrogen (secondary N) is 1. The van der Waals surface area contributed by atoms with E-state index in [1.54, 1.807) is 42.6 Å². The molecule has 0 amide bonds. The highest BCUT2D eigenvalue weighted by molar-refractivity contribution is 6.30. The summed E-state index contributed by atoms with van der Waals surface area (Å²) in [4.78, 5) is 4.15. The molecule has 0 saturated carbocycles. The molecule has 0 radical (unpaired) electrons. The van der Waals surface area contributed by atoms with Gasteiger partial charge in [0.25, 0.3) is 0 Å². The summed E-state index contributed by atoms with van der Waals surface area (Å²) >= 11 is 5.92. The highest BCUT2D eigenvalue weighted by atomic mass is 35.5. The normalized spacial score (nSPS) is 11.5. The largest absolute Gasteiger partial charge is 0.506 e. The van der Waals surface area contributed by atoms with Crippen LogP contribution in [-0.2, 0) is 19.3 Å². The summed E-state index contributed by atoms with van der Waals surface area (Å²) in [5.41, 5.74) is 7.09. The number of ether oxygens (including phenoxy) is 1. The van der Waals surface area contributed by atoms with E-state index in [1.807, 2.05) is 0 Å². The molecule has 4 N–H and O–H groups in total. The van der Waals surface area contributed by atoms with E-state index in [0.717, 1.165) is 11.6 Å². The van der Waals surface area contributed by atoms with Crippen LogP contribution in [0, 0.1) is 0 Å². The SMILES string of the molecule is NCc1cncc(-c2c(OCc3ccc(Cl)cc3)ccc(-c3cc(C(F)(F)F)n[nH]3)c2O)c1. The minimum atomic E-state index is -4.62. The van der Waals surface area contributed by atoms with Crippen LogP contribution in [-0.4, -0.2) is 20.3 Å². The molecule has 0 bridgehead atoms. The lowest BCUT2D eigenvalue weighted by Crippen LogP contribution is -2.04. The molecule has 4 aromatic rings. The van der Waals surface area contributed by atoms with Crippen LogP contribution in [0.15, 0.2) is 60.9 Å². The van der Waals surface area contributed by atoms with Crippen LogP contribution in [0.4, 0.5) is 13.2 Å². The van der Waals surface area contributed by atoms with Gasteiger partial charge in [0.15, 0.2) is 5.69 Å². The number of H-pyrrole nitrogens is 1. The Kier molecular flexibility index (Phi) is 6.26. The number of phenols is 1. The maximum atomic E-state index is 13.0. The average Bonchev–Trinajstić information content (AvgIpc) is 3.29. The zero-order chi connectivity index (χ0) is 23.6. The van der Waals surface area contributed by atoms with Gasteiger partial charge in [-0.15, -0.1) is 0 Å². The number of pyridine rings is 1. The Labute approximate surface area is 191 Å². The number of benzene rings is 2. The number of alkyl halides is 3. The summed E-state index contributed by atoms with van der Waals surface area (Å²) in [5.74, 6) is 0.0367. The van der Waals surface area contributed by atoms with Gasteiger partial charge in [-0.25, -0.2) is 0 Å². The van der Waals surface area contributed by atoms with Crippen molar-refractivity contribution in [2.24, 2.45) is 5.73 Å². The Morgan fingerprint density at radius 3 is 2.45 bits per heavy atom. The lowest BCUT2D eigenvalue weighted by atomic mass is 9.98. The van der Waals surface area contributed by atoms with Crippen LogP contribution in [0.5, 0.6) is 11.5 Å². The van der Waals surface area contributed by atoms with E-state index in [9.17, 15) is 18.3 Å². The Morgan fingerprint density at radius 1 is 1.03 bits per heavy atom. The molecule has 0 unspecified atom stereocenters. The predicted molar refractivity (Wildman–Crippen MR) is 118 cm³/mol. The molecule has 0 atom stereocenters. The molecule has 6 nitrogen and oxygen atoms in total. The number of hydrogen-bond acceptors (Lipinski definition) is 5. The highest BCUT2D eigenvalue weighted by Gasteiger charge is 2.34. The second-order valence-corrected chi connectivity index (χ2v) is 7.64. The third-order valence-electron chi connectivity index (χ3n) is 4.93. The number of aromatic nitrogens is 3. The molecular formula is C23H18ClF3N4O2. The van der Waals surface area contributed by atoms with Gasteiger partial charge in [-0.2, -0.15) is 18.3 Å². The van der Waals surface area contributed by atoms with Gasteiger partial charge >= 0.3 is 6.18 Å². The third kappa shape index (κ3) is 4.94. The predicted octanol–water partition coefficient (Wildman–Crippen LogP) is 5.55. The fourth-order valence-corrected chi connectivity index (χ4v) is 3.40. The molecule has 0 aliphatic carbocycles. The molecule has 0 saturated heterocycles. The summed E-state index contributed by atoms with van der Waals surface area (Å²) in [6, 6.07) is 12.7. The average molecular weight is 475 g/mol. The number of hydrogen-bond donors (Lipinski definition) is 3. The standard InChI is InChI=1S/C23H18ClF3N4O2/c24-16-3-1-13(2-4-16)12-33-19-6-5-17(18-8-20(31-30-18)23(25,26)27)22(32)21(19)15-7-14(9-28)10-29-11-15/h1-8,10-11,32H,9,12,28H2,(H,30,31). The summed E-state index contributed by atoms with van der Waals surface area (Å²) in [6.07, 6.45) is -1.52. The Hall–Kier alpha value is -3.56. The maximum Gasteiger partial charge on any atom is 0.435 e. The molecule has 2 aromatic carbocycles. The third-order valence-corrected chi connectivity index (χ3v) is 5.18. The number of nitrogens with two attached hydrogens (primary N) is 1. The first-order valence-corrected chi connectivity index (χ1v) is 10.1. The molecule has 170 valence electrons. The first-order valence-electron chi connectivity index (χ1n) is 9.77. The van der Waals surface area contributed by atoms with E-state index < -0.39 is 11.9 Å². The molecule has 0 aliphatic heterocycles. The van der Waals surface area contributed by atoms with Crippen molar-refractivity contribution in [1.29, 1.82) is 0 Å². The van der Waals surface area contributed by atoms with Crippen molar-refractivity contribution in [2.75, 3.05) is 0 Å². The molecule has 2 aromatic heterocycles. The zero-order valence-corrected chi connectivity index (χ0v) is 17.8. The van der Waals surface area contributed by atoms with E-state index >= 15 is 0 Å². The number of phenolic OH excluding ortho intramolecular Hbond substituents is 1. The first kappa shape index (κ1) is 22.6. The molecule has 0 fully saturated rings. The number of rotatable bonds is 6. The van der Waals surface area contributed by atoms with Crippen molar-refractivity contribution in [3.8, 4) is 33.9 Å². The number of aromatic hydroxyl groups is 1. The van der Waals surface area contributed by atoms with E-state index in [1.165, 1.54) is 12.3 Å². The van der Waals surface area contributed by atoms with Crippen molar-refractivity contribution >= 4 is 11.6 Å². The van der Waals surface area contributed by atoms with Crippen LogP contribution < -0.4 is 10.5 Å². The molecule has 0 aliphatic rings. The lowest BCUT2D eigenvalue weighted by Gasteiger charge is -2.16. The molecule has 0 spiro atoms. The van der Waals surface area contributed by atoms with E-state index in [-0.39, 0.29) is 35.7 Å². The van der Waals surface area contributed by atoms with Gasteiger partial charge in [0, 0.05) is 35.1 Å². The fraction of sp³-hybridized carbons (Fsp3) is 0.130. The van der Waals surface area contributed by atoms with Crippen molar-refractivity contribution in [1.82, 2.24) is 15.2 Å². The molecule has 10 heteroatoms. The molecule has 4 rings (SSSR count). The van der Waals surface area contributed by atoms with Crippen LogP contribution in [0.25, 0.3) is 22.4 Å². The van der Waals surface area contributed by atoms with Gasteiger partial charge in [-0.3, -0.25) is 10.1 Å². The quantitative estimate of drug-likeness (QED) is 0.340. The molecule has 33 heavy (non-hydrogen) atoms. The van der Waals surface area contributed by atoms with Crippen LogP contribution in [0.2, 0.25) is 5.02 Å². The maximum absolute atomic E-state index is 13.0. The summed E-state index contributed by atoms with van der Waals surface area (Å²) in [5, 5.41) is 17.3. The minimum absolute atomic E-state index is 0.00765. The lowest BCUT2D eigenvalue weighted by molar-refractivity contribution is -0.141. The number of nitrogens with zero attached hydrogens (tertiary/aromatic N) is 2. The van der Waals surface area contributed by atoms with Crippen LogP contribution in [0.1, 0.15) is 16.8 Å². The second kappa shape index (κ2) is 9.13. The highest BCUT2D eigenvalue weighted by Crippen LogP contribution is 2.44. The Morgan fingerprint density at radius 2 is 1.79 bits per heavy atom. The smallest absolute Gasteiger partial charge is 0.435 e. The second-order valence-electron chi connectivity index (χ2n) is 7.20. The van der Waals surface area contributed by atoms with E-state index in [0.29, 0.717) is 21.9 Å². The fourth-order valence-electron chi connectivity index (χ4n) is 3.27. The van der Waals surface area contributed by atoms with Crippen LogP contribution >= 0.6 is 11.6 Å². The zero-order valence-electron chi connectivity index (χ0n) is 17.0. The summed E-state index contributed by atoms with van der Waals surface area (Å²) < 4.78 is 45.0. The van der Waals surface area contributed by atoms with Gasteiger partial charge in [-0.1, -0.05) is 23.7 Å². The minimum Gasteiger partial charge on any atom is -0.506 e. The number of aromatic amines is 1. The summed E-state index contributed by atoms with van der Waals surface area (Å²) in [6.45, 7) is 0.396. The van der Waals surface area contributed by atoms with Crippen molar-refractivity contribution in [3.63, 3.8) is 0 Å². The van der Waals surface area contributed by atoms with E-state index in [4.69, 9.17) is 22.1 Å². The van der Waals surface area contributed by atoms with E-state index in [2.05, 4.69) is 15.2 Å². The van der Waals surface area contributed by atoms with Gasteiger partial charge in [0.05, 0.1) is 11.3 Å². The monoisotopic (exact) mass is 474 g/mol. The van der Waals surface area contributed by atoms with Gasteiger partial charge in [0.2, 0.25) is 0 Å². The first-order chi connectivity index (χ1) is 15.8. The van der Waals surface area contributed by atoms with Crippen LogP contribution in [0.3, 0.4) is 0 Å². The van der Waals surface area contributed by atoms with Crippen molar-refractivity contribution in [2.45, 2.75) is 19.3 Å². The van der Waals surface area contributed by atoms with Crippen molar-refractivity contribution in [3.05, 3.63) is 82.8 Å². The van der Waals surface area contributed by atoms with Gasteiger partial charge < -0.3 is 15.6 Å². The Bertz CT molecular complexity index is 1270. The topological polar surface area (TPSA) is 97.0 Å². The molecular weight excluding hydrogens is 457 g/mol.